The van der Waals surface area contributed by atoms with E-state index in [4.69, 9.17) is 30.9 Å². The molecule has 182 valence electrons. The van der Waals surface area contributed by atoms with E-state index in [1.54, 1.807) is 18.2 Å². The molecule has 7 heteroatoms. The number of ether oxygens (including phenoxy) is 3. The molecule has 3 aliphatic rings. The van der Waals surface area contributed by atoms with Gasteiger partial charge in [0.25, 0.3) is 0 Å². The van der Waals surface area contributed by atoms with Crippen molar-refractivity contribution in [2.45, 2.75) is 38.9 Å². The van der Waals surface area contributed by atoms with Gasteiger partial charge in [0, 0.05) is 33.9 Å². The number of carbonyl (C=O) groups is 2. The van der Waals surface area contributed by atoms with Crippen LogP contribution in [-0.4, -0.2) is 29.1 Å². The molecule has 0 saturated heterocycles. The fourth-order valence-corrected chi connectivity index (χ4v) is 5.33. The molecule has 0 unspecified atom stereocenters. The second kappa shape index (κ2) is 8.14. The van der Waals surface area contributed by atoms with Gasteiger partial charge in [0.1, 0.15) is 30.5 Å². The number of carboxylic acid groups (broad SMARTS) is 1. The number of benzene rings is 3. The van der Waals surface area contributed by atoms with Gasteiger partial charge in [-0.3, -0.25) is 4.79 Å². The van der Waals surface area contributed by atoms with Crippen molar-refractivity contribution >= 4 is 28.9 Å². The first-order valence-corrected chi connectivity index (χ1v) is 12.1. The summed E-state index contributed by atoms with van der Waals surface area (Å²) in [5, 5.41) is 9.60. The third kappa shape index (κ3) is 3.64. The number of rotatable bonds is 5. The molecule has 1 fully saturated rings. The van der Waals surface area contributed by atoms with Crippen LogP contribution in [0.5, 0.6) is 17.2 Å². The fourth-order valence-electron chi connectivity index (χ4n) is 5.16. The molecule has 36 heavy (non-hydrogen) atoms. The molecular formula is C29H23ClO6. The lowest BCUT2D eigenvalue weighted by atomic mass is 9.89. The van der Waals surface area contributed by atoms with E-state index in [-0.39, 0.29) is 19.0 Å². The van der Waals surface area contributed by atoms with Crippen molar-refractivity contribution in [2.75, 3.05) is 6.61 Å². The molecule has 0 amide bonds. The summed E-state index contributed by atoms with van der Waals surface area (Å²) >= 11 is 6.51. The summed E-state index contributed by atoms with van der Waals surface area (Å²) in [6, 6.07) is 13.1. The van der Waals surface area contributed by atoms with Crippen molar-refractivity contribution in [1.29, 1.82) is 0 Å². The van der Waals surface area contributed by atoms with E-state index in [1.807, 2.05) is 38.1 Å². The normalized spacial score (nSPS) is 17.5. The van der Waals surface area contributed by atoms with Gasteiger partial charge in [0.15, 0.2) is 5.60 Å². The Labute approximate surface area is 213 Å². The number of aryl methyl sites for hydroxylation is 1. The molecule has 1 aliphatic carbocycles. The Morgan fingerprint density at radius 3 is 2.67 bits per heavy atom. The summed E-state index contributed by atoms with van der Waals surface area (Å²) in [6.45, 7) is 4.45. The van der Waals surface area contributed by atoms with Crippen LogP contribution >= 0.6 is 11.6 Å². The highest BCUT2D eigenvalue weighted by molar-refractivity contribution is 6.31. The molecule has 6 nitrogen and oxygen atoms in total. The first-order valence-electron chi connectivity index (χ1n) is 11.8. The number of hydrogen-bond acceptors (Lipinski definition) is 5. The van der Waals surface area contributed by atoms with E-state index in [1.165, 1.54) is 0 Å². The zero-order valence-corrected chi connectivity index (χ0v) is 20.6. The fraction of sp³-hybridized carbons (Fsp3) is 0.241. The predicted octanol–water partition coefficient (Wildman–Crippen LogP) is 6.17. The Hall–Kier alpha value is -3.77. The SMILES string of the molecule is Cc1cc2c(c(C)c1-c1ccc(Cl)c(COc3ccc4c(c3)OCC4=CC(=O)O)c1)C(=O)C1(CC1)O2. The van der Waals surface area contributed by atoms with E-state index >= 15 is 0 Å². The molecule has 2 heterocycles. The summed E-state index contributed by atoms with van der Waals surface area (Å²) < 4.78 is 17.7. The lowest BCUT2D eigenvalue weighted by molar-refractivity contribution is -0.131. The number of halogens is 1. The molecule has 0 atom stereocenters. The van der Waals surface area contributed by atoms with Gasteiger partial charge in [-0.25, -0.2) is 4.79 Å². The third-order valence-electron chi connectivity index (χ3n) is 7.10. The Bertz CT molecular complexity index is 1500. The number of hydrogen-bond donors (Lipinski definition) is 1. The maximum atomic E-state index is 13.0. The number of ketones is 1. The minimum Gasteiger partial charge on any atom is -0.489 e. The van der Waals surface area contributed by atoms with Gasteiger partial charge in [-0.05, 0) is 79.3 Å². The Kier molecular flexibility index (Phi) is 5.12. The van der Waals surface area contributed by atoms with Crippen LogP contribution in [0.3, 0.4) is 0 Å². The predicted molar refractivity (Wildman–Crippen MR) is 135 cm³/mol. The topological polar surface area (TPSA) is 82.1 Å². The smallest absolute Gasteiger partial charge is 0.328 e. The average molecular weight is 503 g/mol. The van der Waals surface area contributed by atoms with Crippen LogP contribution in [0.15, 0.2) is 48.5 Å². The van der Waals surface area contributed by atoms with Gasteiger partial charge in [-0.1, -0.05) is 17.7 Å². The molecule has 0 bridgehead atoms. The number of carbonyl (C=O) groups excluding carboxylic acids is 1. The average Bonchev–Trinajstić information content (AvgIpc) is 3.43. The van der Waals surface area contributed by atoms with Gasteiger partial charge in [-0.15, -0.1) is 0 Å². The van der Waals surface area contributed by atoms with E-state index < -0.39 is 11.6 Å². The summed E-state index contributed by atoms with van der Waals surface area (Å²) in [5.41, 5.74) is 6.17. The zero-order valence-electron chi connectivity index (χ0n) is 19.8. The van der Waals surface area contributed by atoms with Crippen molar-refractivity contribution in [3.8, 4) is 28.4 Å². The largest absolute Gasteiger partial charge is 0.489 e. The van der Waals surface area contributed by atoms with Gasteiger partial charge < -0.3 is 19.3 Å². The van der Waals surface area contributed by atoms with E-state index in [0.29, 0.717) is 33.4 Å². The Morgan fingerprint density at radius 1 is 1.11 bits per heavy atom. The van der Waals surface area contributed by atoms with Crippen LogP contribution in [0.4, 0.5) is 0 Å². The molecule has 3 aromatic carbocycles. The van der Waals surface area contributed by atoms with Crippen LogP contribution in [-0.2, 0) is 11.4 Å². The Morgan fingerprint density at radius 2 is 1.92 bits per heavy atom. The van der Waals surface area contributed by atoms with Crippen molar-refractivity contribution in [2.24, 2.45) is 0 Å². The van der Waals surface area contributed by atoms with Gasteiger partial charge >= 0.3 is 5.97 Å². The quantitative estimate of drug-likeness (QED) is 0.420. The molecule has 0 aromatic heterocycles. The van der Waals surface area contributed by atoms with Crippen molar-refractivity contribution in [3.63, 3.8) is 0 Å². The van der Waals surface area contributed by atoms with E-state index in [0.717, 1.165) is 52.3 Å². The Balaban J connectivity index is 1.27. The monoisotopic (exact) mass is 502 g/mol. The van der Waals surface area contributed by atoms with Gasteiger partial charge in [0.05, 0.1) is 5.56 Å². The second-order valence-electron chi connectivity index (χ2n) is 9.54. The molecule has 1 N–H and O–H groups in total. The number of Topliss-reactive ketones (excluding diaryl/α,β-unsaturated/α-hetero) is 1. The van der Waals surface area contributed by atoms with E-state index in [9.17, 15) is 9.59 Å². The summed E-state index contributed by atoms with van der Waals surface area (Å²) in [6.07, 6.45) is 2.72. The molecule has 1 spiro atoms. The highest BCUT2D eigenvalue weighted by Gasteiger charge is 2.58. The number of carboxylic acids is 1. The van der Waals surface area contributed by atoms with Crippen LogP contribution in [0, 0.1) is 13.8 Å². The lowest BCUT2D eigenvalue weighted by Gasteiger charge is -2.15. The summed E-state index contributed by atoms with van der Waals surface area (Å²) in [4.78, 5) is 24.0. The van der Waals surface area contributed by atoms with Gasteiger partial charge in [0.2, 0.25) is 5.78 Å². The zero-order chi connectivity index (χ0) is 25.2. The minimum absolute atomic E-state index is 0.0916. The van der Waals surface area contributed by atoms with Crippen LogP contribution in [0.25, 0.3) is 16.7 Å². The maximum Gasteiger partial charge on any atom is 0.328 e. The molecular weight excluding hydrogens is 480 g/mol. The summed E-state index contributed by atoms with van der Waals surface area (Å²) in [5.74, 6) is 0.954. The number of fused-ring (bicyclic) bond motifs is 2. The second-order valence-corrected chi connectivity index (χ2v) is 9.95. The van der Waals surface area contributed by atoms with Crippen LogP contribution in [0.1, 0.15) is 45.5 Å². The summed E-state index contributed by atoms with van der Waals surface area (Å²) in [7, 11) is 0. The maximum absolute atomic E-state index is 13.0. The number of aliphatic carboxylic acids is 1. The van der Waals surface area contributed by atoms with Crippen molar-refractivity contribution in [3.05, 3.63) is 81.4 Å². The standard InChI is InChI=1S/C29H23ClO6/c1-15-9-24-27(28(33)29(36-24)7-8-29)16(2)26(15)17-3-6-22(30)19(10-17)14-34-20-4-5-21-18(11-25(31)32)13-35-23(21)12-20/h3-6,9-12H,7-8,13-14H2,1-2H3,(H,31,32). The highest BCUT2D eigenvalue weighted by atomic mass is 35.5. The van der Waals surface area contributed by atoms with Crippen LogP contribution in [0.2, 0.25) is 5.02 Å². The van der Waals surface area contributed by atoms with Gasteiger partial charge in [-0.2, -0.15) is 0 Å². The molecule has 2 aliphatic heterocycles. The molecule has 0 radical (unpaired) electrons. The van der Waals surface area contributed by atoms with E-state index in [2.05, 4.69) is 0 Å². The lowest BCUT2D eigenvalue weighted by Crippen LogP contribution is -2.22. The first kappa shape index (κ1) is 22.7. The molecule has 6 rings (SSSR count). The van der Waals surface area contributed by atoms with Crippen molar-refractivity contribution in [1.82, 2.24) is 0 Å². The third-order valence-corrected chi connectivity index (χ3v) is 7.47. The molecule has 1 saturated carbocycles. The first-order chi connectivity index (χ1) is 17.3. The highest BCUT2D eigenvalue weighted by Crippen LogP contribution is 2.52. The minimum atomic E-state index is -1.01. The van der Waals surface area contributed by atoms with Crippen LogP contribution < -0.4 is 14.2 Å². The molecule has 3 aromatic rings. The van der Waals surface area contributed by atoms with Crippen molar-refractivity contribution < 1.29 is 28.9 Å².